The molecule has 8 nitrogen and oxygen atoms in total. The summed E-state index contributed by atoms with van der Waals surface area (Å²) in [5.41, 5.74) is 5.63. The Hall–Kier alpha value is -1.96. The lowest BCUT2D eigenvalue weighted by Crippen LogP contribution is -2.40. The summed E-state index contributed by atoms with van der Waals surface area (Å²) >= 11 is 0. The third-order valence-electron chi connectivity index (χ3n) is 3.49. The highest BCUT2D eigenvalue weighted by Crippen LogP contribution is 2.24. The fraction of sp³-hybridized carbons (Fsp3) is 0.667. The van der Waals surface area contributed by atoms with Gasteiger partial charge in [-0.05, 0) is 19.3 Å². The molecule has 1 fully saturated rings. The molecule has 4 N–H and O–H groups in total. The van der Waals surface area contributed by atoms with E-state index in [-0.39, 0.29) is 23.6 Å². The third-order valence-corrected chi connectivity index (χ3v) is 3.49. The second-order valence-electron chi connectivity index (χ2n) is 5.03. The first-order valence-electron chi connectivity index (χ1n) is 6.74. The van der Waals surface area contributed by atoms with Gasteiger partial charge in [0.2, 0.25) is 0 Å². The monoisotopic (exact) mass is 281 g/mol. The van der Waals surface area contributed by atoms with E-state index in [1.807, 2.05) is 0 Å². The number of carbonyl (C=O) groups excluding carboxylic acids is 1. The van der Waals surface area contributed by atoms with Crippen LogP contribution in [0.2, 0.25) is 0 Å². The summed E-state index contributed by atoms with van der Waals surface area (Å²) in [6, 6.07) is -0.114. The van der Waals surface area contributed by atoms with Crippen molar-refractivity contribution in [1.82, 2.24) is 20.3 Å². The second-order valence-corrected chi connectivity index (χ2v) is 5.03. The smallest absolute Gasteiger partial charge is 0.306 e. The van der Waals surface area contributed by atoms with E-state index in [2.05, 4.69) is 15.6 Å². The van der Waals surface area contributed by atoms with Crippen molar-refractivity contribution >= 4 is 11.9 Å². The molecule has 1 aromatic heterocycles. The van der Waals surface area contributed by atoms with Gasteiger partial charge in [0.1, 0.15) is 0 Å². The summed E-state index contributed by atoms with van der Waals surface area (Å²) in [5, 5.41) is 19.4. The average molecular weight is 281 g/mol. The summed E-state index contributed by atoms with van der Waals surface area (Å²) in [4.78, 5) is 23.0. The van der Waals surface area contributed by atoms with Crippen LogP contribution in [0.1, 0.15) is 36.2 Å². The van der Waals surface area contributed by atoms with E-state index in [1.54, 1.807) is 6.20 Å². The van der Waals surface area contributed by atoms with Crippen LogP contribution >= 0.6 is 0 Å². The van der Waals surface area contributed by atoms with Gasteiger partial charge in [-0.3, -0.25) is 14.3 Å². The van der Waals surface area contributed by atoms with Gasteiger partial charge >= 0.3 is 5.97 Å². The fourth-order valence-electron chi connectivity index (χ4n) is 2.45. The van der Waals surface area contributed by atoms with Crippen molar-refractivity contribution in [2.24, 2.45) is 11.7 Å². The molecule has 0 saturated heterocycles. The normalized spacial score (nSPS) is 22.4. The van der Waals surface area contributed by atoms with Crippen molar-refractivity contribution in [2.45, 2.75) is 38.3 Å². The number of nitrogens with one attached hydrogen (secondary N) is 1. The Balaban J connectivity index is 1.91. The fourth-order valence-corrected chi connectivity index (χ4v) is 2.45. The van der Waals surface area contributed by atoms with Crippen LogP contribution in [0.5, 0.6) is 0 Å². The predicted octanol–water partition coefficient (Wildman–Crippen LogP) is -0.390. The van der Waals surface area contributed by atoms with Crippen molar-refractivity contribution in [3.8, 4) is 0 Å². The van der Waals surface area contributed by atoms with Crippen molar-refractivity contribution in [3.05, 3.63) is 11.9 Å². The number of rotatable bonds is 5. The number of aliphatic carboxylic acids is 1. The van der Waals surface area contributed by atoms with Gasteiger partial charge in [0.15, 0.2) is 5.69 Å². The minimum Gasteiger partial charge on any atom is -0.481 e. The van der Waals surface area contributed by atoms with E-state index in [0.717, 1.165) is 12.8 Å². The molecular formula is C12H19N5O3. The van der Waals surface area contributed by atoms with Gasteiger partial charge in [-0.2, -0.15) is 0 Å². The largest absolute Gasteiger partial charge is 0.481 e. The van der Waals surface area contributed by atoms with Gasteiger partial charge in [-0.1, -0.05) is 11.6 Å². The highest BCUT2D eigenvalue weighted by molar-refractivity contribution is 5.92. The number of hydrogen-bond donors (Lipinski definition) is 3. The molecule has 2 unspecified atom stereocenters. The lowest BCUT2D eigenvalue weighted by Gasteiger charge is -2.26. The minimum absolute atomic E-state index is 0.114. The molecule has 20 heavy (non-hydrogen) atoms. The first kappa shape index (κ1) is 14.4. The van der Waals surface area contributed by atoms with E-state index in [9.17, 15) is 9.59 Å². The standard InChI is InChI=1S/C12H19N5O3/c13-4-5-17-7-10(15-16-17)11(18)14-9-3-1-2-8(6-9)12(19)20/h7-9H,1-6,13H2,(H,14,18)(H,19,20). The van der Waals surface area contributed by atoms with Crippen LogP contribution in [-0.4, -0.2) is 44.6 Å². The van der Waals surface area contributed by atoms with Gasteiger partial charge in [0.25, 0.3) is 5.91 Å². The lowest BCUT2D eigenvalue weighted by molar-refractivity contribution is -0.143. The molecule has 1 aliphatic carbocycles. The Kier molecular flexibility index (Phi) is 4.67. The molecule has 2 atom stereocenters. The van der Waals surface area contributed by atoms with Gasteiger partial charge in [-0.25, -0.2) is 0 Å². The highest BCUT2D eigenvalue weighted by atomic mass is 16.4. The van der Waals surface area contributed by atoms with E-state index in [1.165, 1.54) is 4.68 Å². The van der Waals surface area contributed by atoms with Gasteiger partial charge in [0.05, 0.1) is 18.7 Å². The lowest BCUT2D eigenvalue weighted by atomic mass is 9.86. The summed E-state index contributed by atoms with van der Waals surface area (Å²) in [6.45, 7) is 0.929. The van der Waals surface area contributed by atoms with Gasteiger partial charge in [0, 0.05) is 12.6 Å². The molecule has 8 heteroatoms. The summed E-state index contributed by atoms with van der Waals surface area (Å²) in [7, 11) is 0. The molecule has 1 heterocycles. The number of nitrogens with zero attached hydrogens (tertiary/aromatic N) is 3. The predicted molar refractivity (Wildman–Crippen MR) is 69.9 cm³/mol. The Morgan fingerprint density at radius 1 is 1.50 bits per heavy atom. The quantitative estimate of drug-likeness (QED) is 0.675. The van der Waals surface area contributed by atoms with Crippen LogP contribution in [0.3, 0.4) is 0 Å². The van der Waals surface area contributed by atoms with Gasteiger partial charge in [-0.15, -0.1) is 5.10 Å². The molecule has 0 aromatic carbocycles. The number of carboxylic acids is 1. The number of aromatic nitrogens is 3. The number of carboxylic acid groups (broad SMARTS) is 1. The third kappa shape index (κ3) is 3.53. The van der Waals surface area contributed by atoms with Crippen LogP contribution in [0, 0.1) is 5.92 Å². The molecular weight excluding hydrogens is 262 g/mol. The molecule has 0 bridgehead atoms. The maximum Gasteiger partial charge on any atom is 0.306 e. The summed E-state index contributed by atoms with van der Waals surface area (Å²) in [6.07, 6.45) is 4.29. The number of amides is 1. The minimum atomic E-state index is -0.794. The maximum absolute atomic E-state index is 12.0. The Morgan fingerprint density at radius 3 is 3.00 bits per heavy atom. The van der Waals surface area contributed by atoms with Crippen molar-refractivity contribution in [2.75, 3.05) is 6.54 Å². The molecule has 0 aliphatic heterocycles. The van der Waals surface area contributed by atoms with Crippen LogP contribution < -0.4 is 11.1 Å². The SMILES string of the molecule is NCCn1cc(C(=O)NC2CCCC(C(=O)O)C2)nn1. The molecule has 0 radical (unpaired) electrons. The average Bonchev–Trinajstić information content (AvgIpc) is 2.88. The highest BCUT2D eigenvalue weighted by Gasteiger charge is 2.28. The summed E-state index contributed by atoms with van der Waals surface area (Å²) in [5.74, 6) is -1.48. The zero-order valence-corrected chi connectivity index (χ0v) is 11.2. The van der Waals surface area contributed by atoms with Crippen molar-refractivity contribution in [1.29, 1.82) is 0 Å². The zero-order valence-electron chi connectivity index (χ0n) is 11.2. The second kappa shape index (κ2) is 6.47. The number of nitrogens with two attached hydrogens (primary N) is 1. The Morgan fingerprint density at radius 2 is 2.30 bits per heavy atom. The van der Waals surface area contributed by atoms with Gasteiger partial charge < -0.3 is 16.2 Å². The van der Waals surface area contributed by atoms with Crippen LogP contribution in [0.4, 0.5) is 0 Å². The van der Waals surface area contributed by atoms with E-state index < -0.39 is 5.97 Å². The first-order valence-corrected chi connectivity index (χ1v) is 6.74. The topological polar surface area (TPSA) is 123 Å². The molecule has 110 valence electrons. The number of hydrogen-bond acceptors (Lipinski definition) is 5. The Labute approximate surface area is 116 Å². The van der Waals surface area contributed by atoms with Crippen LogP contribution in [0.25, 0.3) is 0 Å². The first-order chi connectivity index (χ1) is 9.60. The van der Waals surface area contributed by atoms with Crippen molar-refractivity contribution in [3.63, 3.8) is 0 Å². The van der Waals surface area contributed by atoms with E-state index in [4.69, 9.17) is 10.8 Å². The molecule has 1 saturated carbocycles. The zero-order chi connectivity index (χ0) is 14.5. The molecule has 1 aromatic rings. The van der Waals surface area contributed by atoms with Crippen LogP contribution in [-0.2, 0) is 11.3 Å². The Bertz CT molecular complexity index is 487. The molecule has 1 aliphatic rings. The molecule has 0 spiro atoms. The van der Waals surface area contributed by atoms with E-state index in [0.29, 0.717) is 25.9 Å². The molecule has 2 rings (SSSR count). The summed E-state index contributed by atoms with van der Waals surface area (Å²) < 4.78 is 1.51. The molecule has 1 amide bonds. The number of carbonyl (C=O) groups is 2. The maximum atomic E-state index is 12.0. The van der Waals surface area contributed by atoms with Crippen LogP contribution in [0.15, 0.2) is 6.20 Å². The van der Waals surface area contributed by atoms with Crippen molar-refractivity contribution < 1.29 is 14.7 Å². The van der Waals surface area contributed by atoms with E-state index >= 15 is 0 Å².